The Hall–Kier alpha value is -4.51. The second-order valence-corrected chi connectivity index (χ2v) is 10.6. The first kappa shape index (κ1) is 42.7. The Morgan fingerprint density at radius 2 is 1.02 bits per heavy atom. The van der Waals surface area contributed by atoms with Gasteiger partial charge in [-0.3, -0.25) is 0 Å². The monoisotopic (exact) mass is 702 g/mol. The van der Waals surface area contributed by atoms with Gasteiger partial charge in [0.15, 0.2) is 0 Å². The van der Waals surface area contributed by atoms with E-state index >= 15 is 0 Å². The summed E-state index contributed by atoms with van der Waals surface area (Å²) >= 11 is 0. The fraction of sp³-hybridized carbons (Fsp3) is 0.357. The summed E-state index contributed by atoms with van der Waals surface area (Å²) in [5.74, 6) is 1.42. The molecule has 0 spiro atoms. The number of methoxy groups -OCH3 is 2. The molecule has 0 saturated carbocycles. The van der Waals surface area contributed by atoms with E-state index in [-0.39, 0.29) is 12.5 Å². The zero-order chi connectivity index (χ0) is 36.8. The summed E-state index contributed by atoms with van der Waals surface area (Å²) in [5.41, 5.74) is 5.19. The Bertz CT molecular complexity index is 1420. The molecule has 0 aromatic heterocycles. The summed E-state index contributed by atoms with van der Waals surface area (Å²) in [6.07, 6.45) is 2.76. The first-order chi connectivity index (χ1) is 25.1. The molecule has 0 aliphatic rings. The van der Waals surface area contributed by atoms with Gasteiger partial charge in [-0.2, -0.15) is 0 Å². The number of carbonyl (C=O) groups excluding carboxylic acids is 1. The van der Waals surface area contributed by atoms with Crippen molar-refractivity contribution in [2.45, 2.75) is 19.8 Å². The fourth-order valence-corrected chi connectivity index (χ4v) is 4.55. The Balaban J connectivity index is 0.000000298. The van der Waals surface area contributed by atoms with Crippen LogP contribution in [-0.4, -0.2) is 91.7 Å². The minimum atomic E-state index is -0.206. The van der Waals surface area contributed by atoms with Gasteiger partial charge in [0, 0.05) is 18.8 Å². The third-order valence-corrected chi connectivity index (χ3v) is 7.19. The number of rotatable bonds is 21. The molecule has 0 aliphatic heterocycles. The summed E-state index contributed by atoms with van der Waals surface area (Å²) in [6, 6.07) is 35.5. The molecule has 4 rings (SSSR count). The molecule has 51 heavy (non-hydrogen) atoms. The lowest BCUT2D eigenvalue weighted by molar-refractivity contribution is -0.108. The van der Waals surface area contributed by atoms with Gasteiger partial charge in [-0.1, -0.05) is 84.9 Å². The first-order valence-electron chi connectivity index (χ1n) is 17.2. The van der Waals surface area contributed by atoms with Gasteiger partial charge in [0.1, 0.15) is 24.4 Å². The Labute approximate surface area is 303 Å². The maximum atomic E-state index is 11.2. The Morgan fingerprint density at radius 3 is 1.53 bits per heavy atom. The standard InChI is InChI=1S/C21H26O4.C15H14O2.C6H14O3/c1-3-23-13-14-24-15-16-25-17-21(18-7-5-4-6-8-18)19-9-11-20(22-2)12-10-19;1-17-14-9-7-13(8-10-14)15(11-16)12-5-3-2-4-6-12;1-2-8-5-6-9-4-3-7/h4-12,17H,3,13-16H2,1-2H3;2-11,15H,1H3;7H,2-6H2,1H3/b21-17+;;. The number of hydrogen-bond donors (Lipinski definition) is 1. The molecule has 0 fully saturated rings. The van der Waals surface area contributed by atoms with Crippen LogP contribution in [0.2, 0.25) is 0 Å². The third-order valence-electron chi connectivity index (χ3n) is 7.19. The number of ether oxygens (including phenoxy) is 7. The molecule has 9 nitrogen and oxygen atoms in total. The minimum Gasteiger partial charge on any atom is -0.498 e. The van der Waals surface area contributed by atoms with Crippen molar-refractivity contribution in [2.75, 3.05) is 80.3 Å². The number of aliphatic hydroxyl groups excluding tert-OH is 1. The van der Waals surface area contributed by atoms with Gasteiger partial charge in [-0.15, -0.1) is 0 Å². The second kappa shape index (κ2) is 28.2. The van der Waals surface area contributed by atoms with Gasteiger partial charge >= 0.3 is 0 Å². The molecule has 0 amide bonds. The van der Waals surface area contributed by atoms with Crippen LogP contribution in [-0.2, 0) is 28.5 Å². The predicted molar refractivity (Wildman–Crippen MR) is 202 cm³/mol. The van der Waals surface area contributed by atoms with E-state index in [1.165, 1.54) is 0 Å². The molecule has 0 heterocycles. The normalized spacial score (nSPS) is 11.3. The van der Waals surface area contributed by atoms with E-state index in [1.54, 1.807) is 20.5 Å². The highest BCUT2D eigenvalue weighted by Crippen LogP contribution is 2.26. The zero-order valence-corrected chi connectivity index (χ0v) is 30.4. The number of hydrogen-bond acceptors (Lipinski definition) is 9. The average molecular weight is 703 g/mol. The van der Waals surface area contributed by atoms with E-state index in [0.717, 1.165) is 52.2 Å². The van der Waals surface area contributed by atoms with Crippen molar-refractivity contribution in [3.8, 4) is 11.5 Å². The third kappa shape index (κ3) is 17.8. The van der Waals surface area contributed by atoms with Crippen molar-refractivity contribution in [1.82, 2.24) is 0 Å². The molecule has 276 valence electrons. The molecule has 1 unspecified atom stereocenters. The lowest BCUT2D eigenvalue weighted by atomic mass is 9.93. The number of benzene rings is 4. The zero-order valence-electron chi connectivity index (χ0n) is 30.4. The molecule has 4 aromatic carbocycles. The van der Waals surface area contributed by atoms with Crippen molar-refractivity contribution < 1.29 is 43.1 Å². The highest BCUT2D eigenvalue weighted by Gasteiger charge is 2.12. The molecular formula is C42H54O9. The van der Waals surface area contributed by atoms with Gasteiger partial charge < -0.3 is 43.1 Å². The van der Waals surface area contributed by atoms with Crippen LogP contribution >= 0.6 is 0 Å². The Kier molecular flexibility index (Phi) is 23.6. The Morgan fingerprint density at radius 1 is 0.569 bits per heavy atom. The van der Waals surface area contributed by atoms with E-state index in [2.05, 4.69) is 12.1 Å². The lowest BCUT2D eigenvalue weighted by Crippen LogP contribution is -2.08. The molecule has 0 aliphatic carbocycles. The molecule has 1 atom stereocenters. The summed E-state index contributed by atoms with van der Waals surface area (Å²) in [4.78, 5) is 11.2. The predicted octanol–water partition coefficient (Wildman–Crippen LogP) is 7.21. The van der Waals surface area contributed by atoms with Crippen LogP contribution in [0.5, 0.6) is 11.5 Å². The van der Waals surface area contributed by atoms with Crippen molar-refractivity contribution in [3.63, 3.8) is 0 Å². The largest absolute Gasteiger partial charge is 0.498 e. The topological polar surface area (TPSA) is 102 Å². The average Bonchev–Trinajstić information content (AvgIpc) is 3.19. The van der Waals surface area contributed by atoms with E-state index in [9.17, 15) is 4.79 Å². The lowest BCUT2D eigenvalue weighted by Gasteiger charge is -2.11. The highest BCUT2D eigenvalue weighted by molar-refractivity contribution is 5.79. The van der Waals surface area contributed by atoms with Crippen LogP contribution in [0.15, 0.2) is 115 Å². The molecule has 4 aromatic rings. The first-order valence-corrected chi connectivity index (χ1v) is 17.2. The van der Waals surface area contributed by atoms with Gasteiger partial charge in [0.25, 0.3) is 0 Å². The number of aliphatic hydroxyl groups is 1. The van der Waals surface area contributed by atoms with Crippen LogP contribution < -0.4 is 9.47 Å². The second-order valence-electron chi connectivity index (χ2n) is 10.6. The smallest absolute Gasteiger partial charge is 0.131 e. The van der Waals surface area contributed by atoms with Gasteiger partial charge in [0.05, 0.1) is 72.6 Å². The summed E-state index contributed by atoms with van der Waals surface area (Å²) in [6.45, 7) is 9.28. The fourth-order valence-electron chi connectivity index (χ4n) is 4.55. The van der Waals surface area contributed by atoms with Crippen LogP contribution in [0.1, 0.15) is 42.0 Å². The van der Waals surface area contributed by atoms with Crippen molar-refractivity contribution in [3.05, 3.63) is 138 Å². The maximum Gasteiger partial charge on any atom is 0.131 e. The summed E-state index contributed by atoms with van der Waals surface area (Å²) in [5, 5.41) is 8.26. The maximum absolute atomic E-state index is 11.2. The molecule has 0 radical (unpaired) electrons. The van der Waals surface area contributed by atoms with Crippen LogP contribution in [0.25, 0.3) is 5.57 Å². The van der Waals surface area contributed by atoms with E-state index in [4.69, 9.17) is 38.3 Å². The van der Waals surface area contributed by atoms with Gasteiger partial charge in [0.2, 0.25) is 0 Å². The SMILES string of the molecule is CCOCCOCCO.CCOCCOCCO/C=C(\c1ccccc1)c1ccc(OC)cc1.COc1ccc(C(C=O)c2ccccc2)cc1. The number of aldehydes is 1. The van der Waals surface area contributed by atoms with E-state index in [1.807, 2.05) is 111 Å². The van der Waals surface area contributed by atoms with E-state index < -0.39 is 0 Å². The van der Waals surface area contributed by atoms with Crippen LogP contribution in [0, 0.1) is 0 Å². The van der Waals surface area contributed by atoms with E-state index in [0.29, 0.717) is 52.9 Å². The minimum absolute atomic E-state index is 0.0894. The molecule has 0 bridgehead atoms. The quantitative estimate of drug-likeness (QED) is 0.0548. The van der Waals surface area contributed by atoms with Crippen molar-refractivity contribution in [2.24, 2.45) is 0 Å². The molecule has 9 heteroatoms. The van der Waals surface area contributed by atoms with Gasteiger partial charge in [-0.05, 0) is 60.4 Å². The summed E-state index contributed by atoms with van der Waals surface area (Å²) < 4.78 is 36.6. The van der Waals surface area contributed by atoms with Crippen molar-refractivity contribution in [1.29, 1.82) is 0 Å². The van der Waals surface area contributed by atoms with Gasteiger partial charge in [-0.25, -0.2) is 0 Å². The molecule has 0 saturated heterocycles. The molecule has 1 N–H and O–H groups in total. The van der Waals surface area contributed by atoms with Crippen LogP contribution in [0.4, 0.5) is 0 Å². The highest BCUT2D eigenvalue weighted by atomic mass is 16.5. The van der Waals surface area contributed by atoms with Crippen LogP contribution in [0.3, 0.4) is 0 Å². The number of carbonyl (C=O) groups is 1. The van der Waals surface area contributed by atoms with Crippen molar-refractivity contribution >= 4 is 11.9 Å². The summed E-state index contributed by atoms with van der Waals surface area (Å²) in [7, 11) is 3.29. The molecular weight excluding hydrogens is 648 g/mol.